The summed E-state index contributed by atoms with van der Waals surface area (Å²) in [6.45, 7) is 3.62. The number of piperidine rings is 1. The molecule has 1 heterocycles. The van der Waals surface area contributed by atoms with Crippen molar-refractivity contribution in [1.82, 2.24) is 10.0 Å². The molecule has 1 saturated heterocycles. The van der Waals surface area contributed by atoms with Gasteiger partial charge < -0.3 is 10.1 Å². The Hall–Kier alpha value is -0.660. The Bertz CT molecular complexity index is 336. The van der Waals surface area contributed by atoms with Gasteiger partial charge in [-0.2, -0.15) is 0 Å². The molecule has 2 N–H and O–H groups in total. The minimum absolute atomic E-state index is 0.0865. The first-order valence-corrected chi connectivity index (χ1v) is 7.54. The molecule has 0 aromatic heterocycles. The van der Waals surface area contributed by atoms with E-state index in [0.717, 1.165) is 25.9 Å². The molecule has 0 unspecified atom stereocenters. The van der Waals surface area contributed by atoms with E-state index in [-0.39, 0.29) is 24.9 Å². The molecule has 0 aliphatic carbocycles. The molecule has 0 atom stereocenters. The van der Waals surface area contributed by atoms with E-state index in [2.05, 4.69) is 5.32 Å². The van der Waals surface area contributed by atoms with Crippen LogP contribution >= 0.6 is 0 Å². The maximum atomic E-state index is 11.3. The minimum Gasteiger partial charge on any atom is -0.378 e. The van der Waals surface area contributed by atoms with Gasteiger partial charge in [-0.3, -0.25) is 9.52 Å². The van der Waals surface area contributed by atoms with Crippen molar-refractivity contribution in [3.8, 4) is 0 Å². The molecular formula is C10H20N2O4S. The highest BCUT2D eigenvalue weighted by Crippen LogP contribution is 2.07. The van der Waals surface area contributed by atoms with E-state index in [1.807, 2.05) is 4.72 Å². The lowest BCUT2D eigenvalue weighted by atomic mass is 10.1. The van der Waals surface area contributed by atoms with Crippen LogP contribution in [0.15, 0.2) is 0 Å². The van der Waals surface area contributed by atoms with Gasteiger partial charge in [-0.15, -0.1) is 0 Å². The second-order valence-electron chi connectivity index (χ2n) is 4.00. The number of carbonyl (C=O) groups excluding carboxylic acids is 1. The number of hydrogen-bond donors (Lipinski definition) is 2. The summed E-state index contributed by atoms with van der Waals surface area (Å²) in [4.78, 5) is 11.3. The third-order valence-electron chi connectivity index (χ3n) is 2.62. The van der Waals surface area contributed by atoms with Crippen LogP contribution in [0.25, 0.3) is 0 Å². The van der Waals surface area contributed by atoms with Gasteiger partial charge in [0.15, 0.2) is 0 Å². The van der Waals surface area contributed by atoms with E-state index in [0.29, 0.717) is 0 Å². The van der Waals surface area contributed by atoms with Crippen LogP contribution in [0.2, 0.25) is 0 Å². The van der Waals surface area contributed by atoms with Gasteiger partial charge in [0.2, 0.25) is 15.9 Å². The van der Waals surface area contributed by atoms with Crippen molar-refractivity contribution in [3.05, 3.63) is 0 Å². The predicted molar refractivity (Wildman–Crippen MR) is 64.1 cm³/mol. The fraction of sp³-hybridized carbons (Fsp3) is 0.900. The molecule has 1 aliphatic rings. The van der Waals surface area contributed by atoms with Gasteiger partial charge in [0.05, 0.1) is 24.9 Å². The zero-order chi connectivity index (χ0) is 12.7. The van der Waals surface area contributed by atoms with Crippen molar-refractivity contribution < 1.29 is 17.9 Å². The summed E-state index contributed by atoms with van der Waals surface area (Å²) >= 11 is 0. The van der Waals surface area contributed by atoms with Crippen LogP contribution in [0.5, 0.6) is 0 Å². The first-order valence-electron chi connectivity index (χ1n) is 5.89. The van der Waals surface area contributed by atoms with Crippen LogP contribution in [0.4, 0.5) is 0 Å². The van der Waals surface area contributed by atoms with Crippen molar-refractivity contribution in [2.45, 2.75) is 32.3 Å². The Labute approximate surface area is 102 Å². The summed E-state index contributed by atoms with van der Waals surface area (Å²) in [5.74, 6) is -0.589. The first-order chi connectivity index (χ1) is 8.03. The predicted octanol–water partition coefficient (Wildman–Crippen LogP) is -0.389. The van der Waals surface area contributed by atoms with Gasteiger partial charge in [-0.1, -0.05) is 0 Å². The molecule has 1 rings (SSSR count). The normalized spacial score (nSPS) is 17.9. The standard InChI is InChI=1S/C10H20N2O4S/c1-2-17(14,15)12-10(13)5-8-16-9-3-6-11-7-4-9/h9,11H,2-8H2,1H3,(H,12,13). The summed E-state index contributed by atoms with van der Waals surface area (Å²) in [6, 6.07) is 0. The molecule has 0 aromatic carbocycles. The number of rotatable bonds is 6. The van der Waals surface area contributed by atoms with Gasteiger partial charge in [-0.25, -0.2) is 8.42 Å². The topological polar surface area (TPSA) is 84.5 Å². The average Bonchev–Trinajstić information content (AvgIpc) is 2.30. The fourth-order valence-corrected chi connectivity index (χ4v) is 2.17. The quantitative estimate of drug-likeness (QED) is 0.682. The second kappa shape index (κ2) is 6.93. The van der Waals surface area contributed by atoms with Gasteiger partial charge in [0.1, 0.15) is 0 Å². The van der Waals surface area contributed by atoms with Crippen LogP contribution < -0.4 is 10.0 Å². The monoisotopic (exact) mass is 264 g/mol. The Morgan fingerprint density at radius 3 is 2.65 bits per heavy atom. The maximum absolute atomic E-state index is 11.3. The largest absolute Gasteiger partial charge is 0.378 e. The van der Waals surface area contributed by atoms with Crippen molar-refractivity contribution in [2.24, 2.45) is 0 Å². The lowest BCUT2D eigenvalue weighted by Gasteiger charge is -2.22. The van der Waals surface area contributed by atoms with E-state index >= 15 is 0 Å². The Balaban J connectivity index is 2.15. The van der Waals surface area contributed by atoms with Gasteiger partial charge >= 0.3 is 0 Å². The highest BCUT2D eigenvalue weighted by atomic mass is 32.2. The van der Waals surface area contributed by atoms with Crippen LogP contribution in [0, 0.1) is 0 Å². The molecule has 100 valence electrons. The van der Waals surface area contributed by atoms with Crippen LogP contribution in [-0.2, 0) is 19.6 Å². The van der Waals surface area contributed by atoms with Crippen molar-refractivity contribution in [1.29, 1.82) is 0 Å². The van der Waals surface area contributed by atoms with Crippen LogP contribution in [0.3, 0.4) is 0 Å². The molecule has 0 saturated carbocycles. The maximum Gasteiger partial charge on any atom is 0.235 e. The molecular weight excluding hydrogens is 244 g/mol. The molecule has 1 fully saturated rings. The third kappa shape index (κ3) is 5.99. The molecule has 1 aliphatic heterocycles. The summed E-state index contributed by atoms with van der Waals surface area (Å²) in [5.41, 5.74) is 0. The number of nitrogens with one attached hydrogen (secondary N) is 2. The highest BCUT2D eigenvalue weighted by Gasteiger charge is 2.15. The molecule has 0 radical (unpaired) electrons. The molecule has 0 aromatic rings. The molecule has 6 nitrogen and oxygen atoms in total. The summed E-state index contributed by atoms with van der Waals surface area (Å²) in [5, 5.41) is 3.21. The lowest BCUT2D eigenvalue weighted by molar-refractivity contribution is -0.121. The van der Waals surface area contributed by atoms with E-state index < -0.39 is 15.9 Å². The molecule has 7 heteroatoms. The zero-order valence-corrected chi connectivity index (χ0v) is 10.9. The molecule has 17 heavy (non-hydrogen) atoms. The minimum atomic E-state index is -3.44. The first kappa shape index (κ1) is 14.4. The van der Waals surface area contributed by atoms with E-state index in [4.69, 9.17) is 4.74 Å². The highest BCUT2D eigenvalue weighted by molar-refractivity contribution is 7.90. The number of carbonyl (C=O) groups is 1. The Morgan fingerprint density at radius 1 is 1.41 bits per heavy atom. The Morgan fingerprint density at radius 2 is 2.06 bits per heavy atom. The SMILES string of the molecule is CCS(=O)(=O)NC(=O)CCOC1CCNCC1. The van der Waals surface area contributed by atoms with Crippen LogP contribution in [-0.4, -0.2) is 45.9 Å². The van der Waals surface area contributed by atoms with Crippen molar-refractivity contribution in [2.75, 3.05) is 25.4 Å². The third-order valence-corrected chi connectivity index (χ3v) is 3.92. The van der Waals surface area contributed by atoms with E-state index in [1.165, 1.54) is 6.92 Å². The fourth-order valence-electron chi connectivity index (χ4n) is 1.58. The van der Waals surface area contributed by atoms with Crippen LogP contribution in [0.1, 0.15) is 26.2 Å². The van der Waals surface area contributed by atoms with Crippen molar-refractivity contribution in [3.63, 3.8) is 0 Å². The van der Waals surface area contributed by atoms with Gasteiger partial charge in [0.25, 0.3) is 0 Å². The smallest absolute Gasteiger partial charge is 0.235 e. The molecule has 1 amide bonds. The second-order valence-corrected chi connectivity index (χ2v) is 6.01. The molecule has 0 bridgehead atoms. The molecule has 0 spiro atoms. The number of amides is 1. The number of ether oxygens (including phenoxy) is 1. The van der Waals surface area contributed by atoms with E-state index in [1.54, 1.807) is 0 Å². The Kier molecular flexibility index (Phi) is 5.87. The summed E-state index contributed by atoms with van der Waals surface area (Å²) < 4.78 is 29.7. The number of sulfonamides is 1. The van der Waals surface area contributed by atoms with Gasteiger partial charge in [-0.05, 0) is 32.9 Å². The summed E-state index contributed by atoms with van der Waals surface area (Å²) in [7, 11) is -3.44. The van der Waals surface area contributed by atoms with E-state index in [9.17, 15) is 13.2 Å². The average molecular weight is 264 g/mol. The zero-order valence-electron chi connectivity index (χ0n) is 10.1. The van der Waals surface area contributed by atoms with Gasteiger partial charge in [0, 0.05) is 0 Å². The number of hydrogen-bond acceptors (Lipinski definition) is 5. The summed E-state index contributed by atoms with van der Waals surface area (Å²) in [6.07, 6.45) is 2.15. The lowest BCUT2D eigenvalue weighted by Crippen LogP contribution is -2.35. The van der Waals surface area contributed by atoms with Crippen molar-refractivity contribution >= 4 is 15.9 Å².